The van der Waals surface area contributed by atoms with Gasteiger partial charge in [0.1, 0.15) is 11.6 Å². The Labute approximate surface area is 440 Å². The van der Waals surface area contributed by atoms with E-state index in [1.54, 1.807) is 0 Å². The smallest absolute Gasteiger partial charge is 0.149 e. The number of imidazole rings is 1. The van der Waals surface area contributed by atoms with Gasteiger partial charge in [0.15, 0.2) is 0 Å². The Morgan fingerprint density at radius 1 is 0.514 bits per heavy atom. The summed E-state index contributed by atoms with van der Waals surface area (Å²) < 4.78 is 21.1. The zero-order chi connectivity index (χ0) is 52.0. The monoisotopic (exact) mass is 966 g/mol. The number of phenols is 1. The van der Waals surface area contributed by atoms with E-state index in [2.05, 4.69) is 159 Å². The lowest BCUT2D eigenvalue weighted by molar-refractivity contribution is 0.396. The molecule has 4 nitrogen and oxygen atoms in total. The van der Waals surface area contributed by atoms with Crippen molar-refractivity contribution in [2.45, 2.75) is 95.8 Å². The maximum absolute atomic E-state index is 12.4. The molecule has 0 saturated heterocycles. The van der Waals surface area contributed by atoms with Crippen molar-refractivity contribution in [3.63, 3.8) is 0 Å². The van der Waals surface area contributed by atoms with Gasteiger partial charge < -0.3 is 5.11 Å². The first-order valence-electron chi connectivity index (χ1n) is 27.8. The molecule has 1 N–H and O–H groups in total. The van der Waals surface area contributed by atoms with Gasteiger partial charge in [-0.05, 0) is 154 Å². The van der Waals surface area contributed by atoms with Crippen LogP contribution in [0.3, 0.4) is 0 Å². The van der Waals surface area contributed by atoms with E-state index in [-0.39, 0.29) is 11.2 Å². The lowest BCUT2D eigenvalue weighted by Gasteiger charge is -2.29. The van der Waals surface area contributed by atoms with Crippen molar-refractivity contribution in [3.8, 4) is 78.6 Å². The van der Waals surface area contributed by atoms with Crippen LogP contribution in [0.25, 0.3) is 83.9 Å². The Morgan fingerprint density at radius 3 is 1.81 bits per heavy atom. The third-order valence-electron chi connectivity index (χ3n) is 15.9. The number of hydrogen-bond acceptors (Lipinski definition) is 3. The van der Waals surface area contributed by atoms with Crippen molar-refractivity contribution >= 4 is 11.0 Å². The molecule has 366 valence electrons. The van der Waals surface area contributed by atoms with Crippen LogP contribution in [-0.4, -0.2) is 19.6 Å². The van der Waals surface area contributed by atoms with E-state index in [1.165, 1.54) is 36.8 Å². The van der Waals surface area contributed by atoms with Gasteiger partial charge in [-0.25, -0.2) is 4.98 Å². The lowest BCUT2D eigenvalue weighted by atomic mass is 9.76. The number of fused-ring (bicyclic) bond motifs is 1. The maximum Gasteiger partial charge on any atom is 0.149 e. The predicted molar refractivity (Wildman–Crippen MR) is 308 cm³/mol. The molecule has 0 aliphatic heterocycles. The molecule has 2 aromatic heterocycles. The number of pyridine rings is 1. The van der Waals surface area contributed by atoms with Gasteiger partial charge >= 0.3 is 0 Å². The lowest BCUT2D eigenvalue weighted by Crippen LogP contribution is -2.12. The molecule has 12 rings (SSSR count). The van der Waals surface area contributed by atoms with Crippen LogP contribution in [0.15, 0.2) is 206 Å². The Balaban J connectivity index is 0.963. The summed E-state index contributed by atoms with van der Waals surface area (Å²) in [4.78, 5) is 10.7. The van der Waals surface area contributed by atoms with Gasteiger partial charge in [0.25, 0.3) is 0 Å². The quantitative estimate of drug-likeness (QED) is 0.141. The zero-order valence-corrected chi connectivity index (χ0v) is 42.9. The fourth-order valence-electron chi connectivity index (χ4n) is 11.8. The normalized spacial score (nSPS) is 18.6. The fraction of sp³-hybridized carbons (Fsp3) is 0.229. The second-order valence-corrected chi connectivity index (χ2v) is 21.7. The van der Waals surface area contributed by atoms with Gasteiger partial charge in [-0.15, -0.1) is 0 Å². The Hall–Kier alpha value is -7.82. The average Bonchev–Trinajstić information content (AvgIpc) is 4.20. The average molecular weight is 966 g/mol. The van der Waals surface area contributed by atoms with Gasteiger partial charge in [0, 0.05) is 31.2 Å². The second kappa shape index (κ2) is 20.2. The van der Waals surface area contributed by atoms with E-state index in [4.69, 9.17) is 9.97 Å². The van der Waals surface area contributed by atoms with Gasteiger partial charge in [-0.3, -0.25) is 9.55 Å². The third kappa shape index (κ3) is 9.50. The van der Waals surface area contributed by atoms with Crippen molar-refractivity contribution in [2.24, 2.45) is 5.92 Å². The maximum atomic E-state index is 12.4. The van der Waals surface area contributed by atoms with Gasteiger partial charge in [-0.1, -0.05) is 198 Å². The topological polar surface area (TPSA) is 50.9 Å². The van der Waals surface area contributed by atoms with Crippen molar-refractivity contribution in [3.05, 3.63) is 229 Å². The molecule has 0 atom stereocenters. The molecule has 0 unspecified atom stereocenters. The number of phenolic OH excluding ortho intramolecular Hbond substituents is 1. The first-order chi connectivity index (χ1) is 36.9. The molecular weight excluding hydrogens is 899 g/mol. The van der Waals surface area contributed by atoms with Gasteiger partial charge in [-0.2, -0.15) is 0 Å². The standard InChI is InChI=1S/C70H65N3O/c1-70(2,3)59-44-57(43-58(45-59)64-46-56(39-40-71-64)53-36-34-52(35-37-53)51-32-30-50(31-33-51)49-19-7-4-8-20-49)60-25-16-28-66-67(60)72-69(62-27-15-26-61(68(62)74)54-21-9-5-10-22-54)73(66)65-38-29-48(41-47-17-13-14-18-47)42-63(65)55-23-11-6-12-24-55/h4-12,15-16,19-29,34-40,42-47,50-51,74H,13-14,17-18,30-33,41H2,1-3H3/i50D,51D. The summed E-state index contributed by atoms with van der Waals surface area (Å²) in [6.45, 7) is 6.78. The minimum Gasteiger partial charge on any atom is -0.507 e. The SMILES string of the molecule is [2H]C1(c2ccccc2)CCC([2H])(c2ccc(-c3ccnc(-c4cc(-c5cccc6c5nc(-c5cccc(-c7ccccc7)c5O)n6-c5ccc(CC6CCCC6)cc5-c5ccccc5)cc(C(C)(C)C)c4)c3)cc2)CC1. The summed E-state index contributed by atoms with van der Waals surface area (Å²) in [5, 5.41) is 12.4. The molecular formula is C70H65N3O. The summed E-state index contributed by atoms with van der Waals surface area (Å²) in [6, 6.07) is 70.1. The van der Waals surface area contributed by atoms with E-state index in [0.29, 0.717) is 43.0 Å². The highest BCUT2D eigenvalue weighted by molar-refractivity contribution is 5.98. The first kappa shape index (κ1) is 44.8. The van der Waals surface area contributed by atoms with Crippen LogP contribution in [0.5, 0.6) is 5.75 Å². The van der Waals surface area contributed by atoms with Gasteiger partial charge in [0.2, 0.25) is 0 Å². The summed E-state index contributed by atoms with van der Waals surface area (Å²) in [7, 11) is 0. The molecule has 8 aromatic carbocycles. The molecule has 0 radical (unpaired) electrons. The fourth-order valence-corrected chi connectivity index (χ4v) is 11.8. The molecule has 2 aliphatic carbocycles. The van der Waals surface area contributed by atoms with Gasteiger partial charge in [0.05, 0.1) is 28.0 Å². The summed E-state index contributed by atoms with van der Waals surface area (Å²) in [5.41, 5.74) is 17.9. The third-order valence-corrected chi connectivity index (χ3v) is 15.9. The second-order valence-electron chi connectivity index (χ2n) is 21.7. The zero-order valence-electron chi connectivity index (χ0n) is 44.9. The van der Waals surface area contributed by atoms with Crippen molar-refractivity contribution < 1.29 is 7.85 Å². The molecule has 2 aliphatic rings. The van der Waals surface area contributed by atoms with Crippen LogP contribution < -0.4 is 0 Å². The summed E-state index contributed by atoms with van der Waals surface area (Å²) in [6.07, 6.45) is 10.8. The molecule has 2 heterocycles. The molecule has 0 spiro atoms. The Bertz CT molecular complexity index is 3700. The van der Waals surface area contributed by atoms with E-state index in [9.17, 15) is 7.85 Å². The Morgan fingerprint density at radius 2 is 1.12 bits per heavy atom. The van der Waals surface area contributed by atoms with E-state index >= 15 is 0 Å². The van der Waals surface area contributed by atoms with Crippen molar-refractivity contribution in [1.29, 1.82) is 0 Å². The number of para-hydroxylation sites is 2. The van der Waals surface area contributed by atoms with Crippen LogP contribution in [0.4, 0.5) is 0 Å². The first-order valence-corrected chi connectivity index (χ1v) is 26.8. The largest absolute Gasteiger partial charge is 0.507 e. The number of nitrogens with zero attached hydrogens (tertiary/aromatic N) is 3. The van der Waals surface area contributed by atoms with Crippen LogP contribution in [-0.2, 0) is 11.8 Å². The Kier molecular flexibility index (Phi) is 12.3. The highest BCUT2D eigenvalue weighted by Crippen LogP contribution is 2.45. The van der Waals surface area contributed by atoms with Crippen LogP contribution in [0.2, 0.25) is 0 Å². The van der Waals surface area contributed by atoms with Crippen LogP contribution >= 0.6 is 0 Å². The molecule has 2 fully saturated rings. The number of hydrogen-bond donors (Lipinski definition) is 1. The number of benzene rings is 8. The number of aromatic nitrogens is 3. The van der Waals surface area contributed by atoms with Crippen LogP contribution in [0.1, 0.15) is 109 Å². The summed E-state index contributed by atoms with van der Waals surface area (Å²) in [5.74, 6) is 0.195. The number of aromatic hydroxyl groups is 1. The minimum absolute atomic E-state index is 0.183. The minimum atomic E-state index is -0.722. The molecule has 10 aromatic rings. The highest BCUT2D eigenvalue weighted by atomic mass is 16.3. The molecule has 2 saturated carbocycles. The molecule has 74 heavy (non-hydrogen) atoms. The van der Waals surface area contributed by atoms with E-state index in [1.807, 2.05) is 72.9 Å². The van der Waals surface area contributed by atoms with E-state index in [0.717, 1.165) is 90.0 Å². The van der Waals surface area contributed by atoms with Crippen molar-refractivity contribution in [2.75, 3.05) is 0 Å². The molecule has 0 bridgehead atoms. The van der Waals surface area contributed by atoms with E-state index < -0.39 is 11.8 Å². The molecule has 0 amide bonds. The number of rotatable bonds is 11. The van der Waals surface area contributed by atoms with Crippen molar-refractivity contribution in [1.82, 2.24) is 14.5 Å². The van der Waals surface area contributed by atoms with Crippen LogP contribution in [0, 0.1) is 5.92 Å². The molecule has 4 heteroatoms. The highest BCUT2D eigenvalue weighted by Gasteiger charge is 2.27. The predicted octanol–water partition coefficient (Wildman–Crippen LogP) is 18.6. The summed E-state index contributed by atoms with van der Waals surface area (Å²) >= 11 is 0.